The van der Waals surface area contributed by atoms with Gasteiger partial charge < -0.3 is 29.6 Å². The van der Waals surface area contributed by atoms with Crippen molar-refractivity contribution in [3.63, 3.8) is 0 Å². The second-order valence-electron chi connectivity index (χ2n) is 18.2. The van der Waals surface area contributed by atoms with Gasteiger partial charge in [-0.1, -0.05) is 94.4 Å². The molecule has 1 spiro atoms. The van der Waals surface area contributed by atoms with Crippen molar-refractivity contribution < 1.29 is 33.7 Å². The molecule has 0 radical (unpaired) electrons. The van der Waals surface area contributed by atoms with Gasteiger partial charge in [0.25, 0.3) is 0 Å². The Balaban J connectivity index is 0.000000150. The fraction of sp³-hybridized carbons (Fsp3) is 0.468. The summed E-state index contributed by atoms with van der Waals surface area (Å²) in [5, 5.41) is 13.0. The molecule has 9 nitrogen and oxygen atoms in total. The van der Waals surface area contributed by atoms with Crippen molar-refractivity contribution in [2.75, 3.05) is 6.61 Å². The number of alkyl carbamates (subject to hydrolysis) is 1. The van der Waals surface area contributed by atoms with E-state index in [2.05, 4.69) is 60.5 Å². The van der Waals surface area contributed by atoms with Crippen LogP contribution in [0, 0.1) is 23.2 Å². The van der Waals surface area contributed by atoms with Gasteiger partial charge in [0.15, 0.2) is 17.7 Å². The van der Waals surface area contributed by atoms with Crippen LogP contribution in [0.25, 0.3) is 22.0 Å². The highest BCUT2D eigenvalue weighted by Gasteiger charge is 2.70. The fourth-order valence-corrected chi connectivity index (χ4v) is 11.7. The molecule has 1 saturated heterocycles. The van der Waals surface area contributed by atoms with Gasteiger partial charge in [0.05, 0.1) is 0 Å². The van der Waals surface area contributed by atoms with Gasteiger partial charge >= 0.3 is 12.1 Å². The highest BCUT2D eigenvalue weighted by molar-refractivity contribution is 5.97. The van der Waals surface area contributed by atoms with E-state index in [-0.39, 0.29) is 35.1 Å². The van der Waals surface area contributed by atoms with Crippen molar-refractivity contribution in [3.05, 3.63) is 107 Å². The number of ether oxygens (including phenoxy) is 3. The molecule has 7 atom stereocenters. The fourth-order valence-electron chi connectivity index (χ4n) is 11.7. The number of carboxylic acids is 1. The number of fused-ring (bicyclic) bond motifs is 12. The van der Waals surface area contributed by atoms with Crippen molar-refractivity contribution >= 4 is 28.7 Å². The van der Waals surface area contributed by atoms with Crippen LogP contribution in [0.4, 0.5) is 4.79 Å². The van der Waals surface area contributed by atoms with E-state index in [1.54, 1.807) is 13.8 Å². The standard InChI is InChI=1S/C27H31NO3.C20H21NO4/c1-24(2)23-21(29)14-19-18-10-9-15-13-17-16-7-5-6-8-20(16)28-22(17)26(15,4)25(18,3)11-12-27(19,30-23)31-24;1-12(2)18(19(22)23)21-20(24)25-11-17-15-9-5-3-7-13(15)14-8-4-6-10-16(14)17/h5-8,14-15,18,23,28H,9-13H2,1-4H3;3-10,12,17-18H,11H2,1-2H3,(H,21,24)(H,22,23)/t15?,18?,23?,25?,26-,27?;/m1./s1. The molecule has 3 aromatic carbocycles. The van der Waals surface area contributed by atoms with Gasteiger partial charge in [0, 0.05) is 34.4 Å². The third kappa shape index (κ3) is 5.29. The average Bonchev–Trinajstić information content (AvgIpc) is 3.86. The molecule has 2 saturated carbocycles. The molecule has 6 unspecified atom stereocenters. The van der Waals surface area contributed by atoms with Crippen molar-refractivity contribution in [2.45, 2.75) is 109 Å². The van der Waals surface area contributed by atoms with E-state index in [1.165, 1.54) is 28.6 Å². The molecule has 2 bridgehead atoms. The van der Waals surface area contributed by atoms with Crippen molar-refractivity contribution in [1.82, 2.24) is 10.3 Å². The van der Waals surface area contributed by atoms with E-state index < -0.39 is 35.6 Å². The molecule has 1 amide bonds. The number of para-hydroxylation sites is 1. The molecule has 3 fully saturated rings. The Morgan fingerprint density at radius 2 is 1.59 bits per heavy atom. The van der Waals surface area contributed by atoms with E-state index in [1.807, 2.05) is 56.3 Å². The number of hydrogen-bond donors (Lipinski definition) is 3. The number of rotatable bonds is 5. The van der Waals surface area contributed by atoms with Crippen LogP contribution in [0.3, 0.4) is 0 Å². The van der Waals surface area contributed by atoms with Crippen molar-refractivity contribution in [3.8, 4) is 11.1 Å². The first-order valence-electron chi connectivity index (χ1n) is 20.3. The molecule has 10 rings (SSSR count). The van der Waals surface area contributed by atoms with E-state index in [4.69, 9.17) is 19.3 Å². The zero-order valence-electron chi connectivity index (χ0n) is 33.1. The summed E-state index contributed by atoms with van der Waals surface area (Å²) in [6.45, 7) is 12.6. The number of hydrogen-bond acceptors (Lipinski definition) is 6. The van der Waals surface area contributed by atoms with Gasteiger partial charge in [-0.3, -0.25) is 4.79 Å². The normalized spacial score (nSPS) is 30.8. The van der Waals surface area contributed by atoms with Crippen molar-refractivity contribution in [2.24, 2.45) is 23.2 Å². The highest BCUT2D eigenvalue weighted by Crippen LogP contribution is 2.70. The largest absolute Gasteiger partial charge is 0.480 e. The summed E-state index contributed by atoms with van der Waals surface area (Å²) in [5.74, 6) is -0.997. The van der Waals surface area contributed by atoms with Crippen LogP contribution < -0.4 is 5.32 Å². The second-order valence-corrected chi connectivity index (χ2v) is 18.2. The summed E-state index contributed by atoms with van der Waals surface area (Å²) >= 11 is 0. The number of aromatic amines is 1. The summed E-state index contributed by atoms with van der Waals surface area (Å²) < 4.78 is 18.4. The number of nitrogens with one attached hydrogen (secondary N) is 2. The molecule has 3 heterocycles. The zero-order chi connectivity index (χ0) is 39.4. The molecule has 2 aliphatic heterocycles. The van der Waals surface area contributed by atoms with Gasteiger partial charge in [0.2, 0.25) is 0 Å². The van der Waals surface area contributed by atoms with Gasteiger partial charge in [-0.15, -0.1) is 0 Å². The van der Waals surface area contributed by atoms with Crippen LogP contribution in [0.1, 0.15) is 95.5 Å². The minimum Gasteiger partial charge on any atom is -0.480 e. The summed E-state index contributed by atoms with van der Waals surface area (Å²) in [5.41, 5.74) is 9.43. The number of aromatic nitrogens is 1. The summed E-state index contributed by atoms with van der Waals surface area (Å²) in [6.07, 6.45) is 6.08. The maximum absolute atomic E-state index is 13.0. The molecular formula is C47H52N2O7. The smallest absolute Gasteiger partial charge is 0.407 e. The number of H-pyrrole nitrogens is 1. The lowest BCUT2D eigenvalue weighted by molar-refractivity contribution is -0.205. The number of carbonyl (C=O) groups is 3. The molecule has 56 heavy (non-hydrogen) atoms. The molecule has 4 aliphatic carbocycles. The Labute approximate surface area is 328 Å². The van der Waals surface area contributed by atoms with Gasteiger partial charge in [-0.2, -0.15) is 0 Å². The molecule has 1 aromatic heterocycles. The molecule has 4 aromatic rings. The van der Waals surface area contributed by atoms with E-state index >= 15 is 0 Å². The second kappa shape index (κ2) is 12.9. The molecule has 3 N–H and O–H groups in total. The number of carbonyl (C=O) groups excluding carboxylic acids is 2. The Morgan fingerprint density at radius 3 is 2.27 bits per heavy atom. The first-order chi connectivity index (χ1) is 26.7. The Kier molecular flexibility index (Phi) is 8.49. The predicted octanol–water partition coefficient (Wildman–Crippen LogP) is 8.84. The van der Waals surface area contributed by atoms with Gasteiger partial charge in [-0.05, 0) is 108 Å². The molecular weight excluding hydrogens is 705 g/mol. The number of benzene rings is 3. The average molecular weight is 757 g/mol. The number of ketones is 1. The van der Waals surface area contributed by atoms with Gasteiger partial charge in [-0.25, -0.2) is 9.59 Å². The SMILES string of the molecule is CC(C)C(NC(=O)OCC1c2ccccc2-c2ccccc21)C(=O)O.CC1(C)OC23CCC4(C)C(CCC5Cc6c([nH]c7ccccc67)[C@@]54C)C2=CC(=O)C1O3. The van der Waals surface area contributed by atoms with Crippen LogP contribution in [0.5, 0.6) is 0 Å². The van der Waals surface area contributed by atoms with Gasteiger partial charge in [0.1, 0.15) is 18.2 Å². The minimum absolute atomic E-state index is 0.0412. The Bertz CT molecular complexity index is 2260. The lowest BCUT2D eigenvalue weighted by Crippen LogP contribution is -2.60. The summed E-state index contributed by atoms with van der Waals surface area (Å²) in [6, 6.07) is 23.9. The van der Waals surface area contributed by atoms with Crippen LogP contribution in [0.2, 0.25) is 0 Å². The Morgan fingerprint density at radius 1 is 0.929 bits per heavy atom. The first-order valence-corrected chi connectivity index (χ1v) is 20.3. The zero-order valence-corrected chi connectivity index (χ0v) is 33.1. The number of amides is 1. The van der Waals surface area contributed by atoms with Crippen molar-refractivity contribution in [1.29, 1.82) is 0 Å². The minimum atomic E-state index is -1.07. The Hall–Kier alpha value is -4.73. The third-order valence-corrected chi connectivity index (χ3v) is 14.6. The molecule has 9 heteroatoms. The maximum Gasteiger partial charge on any atom is 0.407 e. The van der Waals surface area contributed by atoms with Crippen LogP contribution in [-0.2, 0) is 35.6 Å². The van der Waals surface area contributed by atoms with E-state index in [0.29, 0.717) is 11.8 Å². The van der Waals surface area contributed by atoms with Crippen LogP contribution in [0.15, 0.2) is 84.4 Å². The quantitative estimate of drug-likeness (QED) is 0.186. The van der Waals surface area contributed by atoms with E-state index in [0.717, 1.165) is 53.5 Å². The monoisotopic (exact) mass is 756 g/mol. The summed E-state index contributed by atoms with van der Waals surface area (Å²) in [4.78, 5) is 40.1. The van der Waals surface area contributed by atoms with Crippen LogP contribution in [-0.4, -0.2) is 58.1 Å². The first kappa shape index (κ1) is 36.9. The third-order valence-electron chi connectivity index (χ3n) is 14.6. The highest BCUT2D eigenvalue weighted by atomic mass is 16.8. The maximum atomic E-state index is 13.0. The summed E-state index contributed by atoms with van der Waals surface area (Å²) in [7, 11) is 0. The van der Waals surface area contributed by atoms with Crippen LogP contribution >= 0.6 is 0 Å². The molecule has 6 aliphatic rings. The number of carboxylic acid groups (broad SMARTS) is 1. The topological polar surface area (TPSA) is 127 Å². The number of aliphatic carboxylic acids is 1. The lowest BCUT2D eigenvalue weighted by Gasteiger charge is -2.61. The molecule has 292 valence electrons. The lowest BCUT2D eigenvalue weighted by atomic mass is 9.44. The predicted molar refractivity (Wildman–Crippen MR) is 213 cm³/mol. The van der Waals surface area contributed by atoms with E-state index in [9.17, 15) is 14.4 Å².